The lowest BCUT2D eigenvalue weighted by Crippen LogP contribution is -2.29. The molecule has 3 rings (SSSR count). The van der Waals surface area contributed by atoms with Crippen molar-refractivity contribution in [2.75, 3.05) is 13.1 Å². The third kappa shape index (κ3) is 4.09. The summed E-state index contributed by atoms with van der Waals surface area (Å²) in [5.74, 6) is -0.314. The molecule has 0 unspecified atom stereocenters. The van der Waals surface area contributed by atoms with E-state index in [1.165, 1.54) is 16.4 Å². The van der Waals surface area contributed by atoms with Gasteiger partial charge >= 0.3 is 0 Å². The minimum atomic E-state index is -3.54. The van der Waals surface area contributed by atoms with Crippen molar-refractivity contribution < 1.29 is 13.2 Å². The van der Waals surface area contributed by atoms with E-state index in [-0.39, 0.29) is 16.8 Å². The van der Waals surface area contributed by atoms with E-state index in [1.54, 1.807) is 24.3 Å². The molecule has 0 saturated carbocycles. The number of nitrogens with one attached hydrogen (secondary N) is 1. The average Bonchev–Trinajstić information content (AvgIpc) is 3.18. The van der Waals surface area contributed by atoms with Gasteiger partial charge in [-0.3, -0.25) is 4.79 Å². The fourth-order valence-electron chi connectivity index (χ4n) is 2.99. The lowest BCUT2D eigenvalue weighted by Gasteiger charge is -2.17. The Morgan fingerprint density at radius 3 is 2.42 bits per heavy atom. The summed E-state index contributed by atoms with van der Waals surface area (Å²) in [7, 11) is -3.54. The smallest absolute Gasteiger partial charge is 0.251 e. The van der Waals surface area contributed by atoms with Gasteiger partial charge in [-0.2, -0.15) is 4.31 Å². The van der Waals surface area contributed by atoms with Crippen molar-refractivity contribution >= 4 is 27.5 Å². The van der Waals surface area contributed by atoms with E-state index >= 15 is 0 Å². The van der Waals surface area contributed by atoms with Gasteiger partial charge in [-0.05, 0) is 55.7 Å². The van der Waals surface area contributed by atoms with Crippen LogP contribution in [0.3, 0.4) is 0 Å². The third-order valence-electron chi connectivity index (χ3n) is 4.52. The number of sulfonamides is 1. The SMILES string of the molecule is C[C@H](NC(=O)c1cccc(S(=O)(=O)N2CCCC2)c1)c1ccc(Cl)cc1. The number of hydrogen-bond donors (Lipinski definition) is 1. The first-order valence-corrected chi connectivity index (χ1v) is 10.4. The van der Waals surface area contributed by atoms with Gasteiger partial charge in [0.2, 0.25) is 10.0 Å². The van der Waals surface area contributed by atoms with Crippen molar-refractivity contribution in [1.82, 2.24) is 9.62 Å². The van der Waals surface area contributed by atoms with Crippen LogP contribution >= 0.6 is 11.6 Å². The van der Waals surface area contributed by atoms with Gasteiger partial charge in [0.05, 0.1) is 10.9 Å². The van der Waals surface area contributed by atoms with Crippen LogP contribution in [0.15, 0.2) is 53.4 Å². The lowest BCUT2D eigenvalue weighted by atomic mass is 10.1. The molecule has 0 radical (unpaired) electrons. The van der Waals surface area contributed by atoms with Gasteiger partial charge in [0, 0.05) is 23.7 Å². The van der Waals surface area contributed by atoms with Crippen LogP contribution in [0.2, 0.25) is 5.02 Å². The number of amides is 1. The van der Waals surface area contributed by atoms with Gasteiger partial charge in [-0.15, -0.1) is 0 Å². The third-order valence-corrected chi connectivity index (χ3v) is 6.66. The van der Waals surface area contributed by atoms with Crippen LogP contribution in [-0.4, -0.2) is 31.7 Å². The van der Waals surface area contributed by atoms with Gasteiger partial charge in [0.15, 0.2) is 0 Å². The number of rotatable bonds is 5. The molecule has 2 aromatic carbocycles. The largest absolute Gasteiger partial charge is 0.346 e. The van der Waals surface area contributed by atoms with E-state index in [0.717, 1.165) is 18.4 Å². The zero-order valence-electron chi connectivity index (χ0n) is 14.5. The molecule has 26 heavy (non-hydrogen) atoms. The summed E-state index contributed by atoms with van der Waals surface area (Å²) in [6, 6.07) is 13.2. The highest BCUT2D eigenvalue weighted by atomic mass is 35.5. The number of nitrogens with zero attached hydrogens (tertiary/aromatic N) is 1. The molecule has 1 atom stereocenters. The maximum atomic E-state index is 12.7. The van der Waals surface area contributed by atoms with Crippen molar-refractivity contribution in [3.05, 3.63) is 64.7 Å². The fraction of sp³-hybridized carbons (Fsp3) is 0.316. The van der Waals surface area contributed by atoms with Gasteiger partial charge in [-0.1, -0.05) is 29.8 Å². The molecule has 0 spiro atoms. The Balaban J connectivity index is 1.77. The number of hydrogen-bond acceptors (Lipinski definition) is 3. The number of carbonyl (C=O) groups is 1. The summed E-state index contributed by atoms with van der Waals surface area (Å²) >= 11 is 5.88. The summed E-state index contributed by atoms with van der Waals surface area (Å²) in [5.41, 5.74) is 1.25. The first-order chi connectivity index (χ1) is 12.4. The molecule has 1 saturated heterocycles. The Hall–Kier alpha value is -1.89. The van der Waals surface area contributed by atoms with Gasteiger partial charge in [-0.25, -0.2) is 8.42 Å². The Labute approximate surface area is 159 Å². The highest BCUT2D eigenvalue weighted by Gasteiger charge is 2.27. The molecule has 0 aromatic heterocycles. The normalized spacial score (nSPS) is 16.4. The highest BCUT2D eigenvalue weighted by Crippen LogP contribution is 2.22. The number of halogens is 1. The van der Waals surface area contributed by atoms with E-state index in [4.69, 9.17) is 11.6 Å². The zero-order chi connectivity index (χ0) is 18.7. The zero-order valence-corrected chi connectivity index (χ0v) is 16.1. The summed E-state index contributed by atoms with van der Waals surface area (Å²) in [6.07, 6.45) is 1.75. The second-order valence-electron chi connectivity index (χ2n) is 6.39. The molecule has 2 aromatic rings. The van der Waals surface area contributed by atoms with Crippen molar-refractivity contribution in [1.29, 1.82) is 0 Å². The Bertz CT molecular complexity index is 891. The van der Waals surface area contributed by atoms with Crippen molar-refractivity contribution in [2.45, 2.75) is 30.7 Å². The van der Waals surface area contributed by atoms with Gasteiger partial charge in [0.25, 0.3) is 5.91 Å². The first-order valence-electron chi connectivity index (χ1n) is 8.54. The molecular formula is C19H21ClN2O3S. The van der Waals surface area contributed by atoms with E-state index in [0.29, 0.717) is 23.7 Å². The predicted molar refractivity (Wildman–Crippen MR) is 102 cm³/mol. The second-order valence-corrected chi connectivity index (χ2v) is 8.76. The van der Waals surface area contributed by atoms with Crippen LogP contribution < -0.4 is 5.32 Å². The quantitative estimate of drug-likeness (QED) is 0.845. The predicted octanol–water partition coefficient (Wildman–Crippen LogP) is 3.62. The van der Waals surface area contributed by atoms with E-state index < -0.39 is 10.0 Å². The molecule has 1 aliphatic rings. The molecule has 0 bridgehead atoms. The van der Waals surface area contributed by atoms with Gasteiger partial charge in [0.1, 0.15) is 0 Å². The maximum absolute atomic E-state index is 12.7. The summed E-state index contributed by atoms with van der Waals surface area (Å²) in [6.45, 7) is 2.94. The molecule has 1 fully saturated rings. The lowest BCUT2D eigenvalue weighted by molar-refractivity contribution is 0.0939. The molecule has 7 heteroatoms. The van der Waals surface area contributed by atoms with Crippen LogP contribution in [0.4, 0.5) is 0 Å². The van der Waals surface area contributed by atoms with Crippen LogP contribution in [0.5, 0.6) is 0 Å². The topological polar surface area (TPSA) is 66.5 Å². The standard InChI is InChI=1S/C19H21ClN2O3S/c1-14(15-7-9-17(20)10-8-15)21-19(23)16-5-4-6-18(13-16)26(24,25)22-11-2-3-12-22/h4-10,13-14H,2-3,11-12H2,1H3,(H,21,23)/t14-/m0/s1. The molecular weight excluding hydrogens is 372 g/mol. The van der Waals surface area contributed by atoms with Crippen molar-refractivity contribution in [3.8, 4) is 0 Å². The van der Waals surface area contributed by atoms with Crippen molar-refractivity contribution in [2.24, 2.45) is 0 Å². The molecule has 1 aliphatic heterocycles. The summed E-state index contributed by atoms with van der Waals surface area (Å²) in [5, 5.41) is 3.52. The molecule has 1 amide bonds. The van der Waals surface area contributed by atoms with Crippen LogP contribution in [-0.2, 0) is 10.0 Å². The molecule has 5 nitrogen and oxygen atoms in total. The van der Waals surface area contributed by atoms with E-state index in [9.17, 15) is 13.2 Å². The van der Waals surface area contributed by atoms with Gasteiger partial charge < -0.3 is 5.32 Å². The fourth-order valence-corrected chi connectivity index (χ4v) is 4.68. The monoisotopic (exact) mass is 392 g/mol. The van der Waals surface area contributed by atoms with Crippen molar-refractivity contribution in [3.63, 3.8) is 0 Å². The summed E-state index contributed by atoms with van der Waals surface area (Å²) in [4.78, 5) is 12.7. The van der Waals surface area contributed by atoms with Crippen LogP contribution in [0.25, 0.3) is 0 Å². The molecule has 1 N–H and O–H groups in total. The number of carbonyl (C=O) groups excluding carboxylic acids is 1. The second kappa shape index (κ2) is 7.78. The van der Waals surface area contributed by atoms with E-state index in [1.807, 2.05) is 19.1 Å². The molecule has 138 valence electrons. The Kier molecular flexibility index (Phi) is 5.65. The van der Waals surface area contributed by atoms with E-state index in [2.05, 4.69) is 5.32 Å². The highest BCUT2D eigenvalue weighted by molar-refractivity contribution is 7.89. The number of benzene rings is 2. The minimum absolute atomic E-state index is 0.159. The molecule has 1 heterocycles. The minimum Gasteiger partial charge on any atom is -0.346 e. The van der Waals surface area contributed by atoms with Crippen LogP contribution in [0, 0.1) is 0 Å². The molecule has 0 aliphatic carbocycles. The summed E-state index contributed by atoms with van der Waals surface area (Å²) < 4.78 is 26.8. The Morgan fingerprint density at radius 2 is 1.77 bits per heavy atom. The van der Waals surface area contributed by atoms with Crippen LogP contribution in [0.1, 0.15) is 41.7 Å². The average molecular weight is 393 g/mol. The maximum Gasteiger partial charge on any atom is 0.251 e. The Morgan fingerprint density at radius 1 is 1.12 bits per heavy atom. The first kappa shape index (κ1) is 18.9.